The molecule has 0 unspecified atom stereocenters. The van der Waals surface area contributed by atoms with E-state index in [4.69, 9.17) is 4.42 Å². The molecule has 0 N–H and O–H groups in total. The zero-order valence-corrected chi connectivity index (χ0v) is 13.5. The van der Waals surface area contributed by atoms with Crippen molar-refractivity contribution < 1.29 is 4.42 Å². The third-order valence-corrected chi connectivity index (χ3v) is 4.46. The van der Waals surface area contributed by atoms with Crippen LogP contribution in [0.3, 0.4) is 0 Å². The van der Waals surface area contributed by atoms with E-state index >= 15 is 0 Å². The van der Waals surface area contributed by atoms with Gasteiger partial charge in [-0.3, -0.25) is 4.90 Å². The summed E-state index contributed by atoms with van der Waals surface area (Å²) in [6.07, 6.45) is 1.51. The van der Waals surface area contributed by atoms with Crippen LogP contribution in [0.5, 0.6) is 0 Å². The first kappa shape index (κ1) is 14.1. The summed E-state index contributed by atoms with van der Waals surface area (Å²) in [5.74, 6) is 2.66. The lowest BCUT2D eigenvalue weighted by Gasteiger charge is -2.44. The Balaban J connectivity index is 1.42. The number of hydrogen-bond acceptors (Lipinski definition) is 7. The molecule has 3 aromatic rings. The second-order valence-electron chi connectivity index (χ2n) is 6.04. The van der Waals surface area contributed by atoms with Crippen LogP contribution in [0.2, 0.25) is 0 Å². The molecule has 1 aliphatic heterocycles. The van der Waals surface area contributed by atoms with E-state index in [0.717, 1.165) is 48.4 Å². The molecule has 23 heavy (non-hydrogen) atoms. The quantitative estimate of drug-likeness (QED) is 0.712. The molecule has 4 heterocycles. The number of likely N-dealkylation sites (N-methyl/N-ethyl adjacent to an activating group) is 1. The first-order valence-electron chi connectivity index (χ1n) is 7.65. The Bertz CT molecular complexity index is 833. The molecule has 0 amide bonds. The van der Waals surface area contributed by atoms with E-state index in [9.17, 15) is 0 Å². The molecule has 0 aliphatic carbocycles. The molecular weight excluding hydrogens is 294 g/mol. The third kappa shape index (κ3) is 2.44. The molecule has 4 rings (SSSR count). The summed E-state index contributed by atoms with van der Waals surface area (Å²) in [7, 11) is 2.12. The second-order valence-corrected chi connectivity index (χ2v) is 6.04. The molecule has 0 aromatic carbocycles. The van der Waals surface area contributed by atoms with E-state index < -0.39 is 0 Å². The van der Waals surface area contributed by atoms with Crippen molar-refractivity contribution in [2.24, 2.45) is 0 Å². The van der Waals surface area contributed by atoms with Crippen LogP contribution in [0, 0.1) is 13.8 Å². The highest BCUT2D eigenvalue weighted by Crippen LogP contribution is 2.22. The standard InChI is InChI=1S/C15H19N7O/c1-10-13(16-9-23-10)8-20(3)12-6-21(7-12)15-5-4-14-18-17-11(2)22(14)19-15/h4-5,9,12H,6-8H2,1-3H3. The van der Waals surface area contributed by atoms with Crippen LogP contribution in [-0.2, 0) is 6.54 Å². The highest BCUT2D eigenvalue weighted by atomic mass is 16.3. The number of fused-ring (bicyclic) bond motifs is 1. The Morgan fingerprint density at radius 3 is 2.83 bits per heavy atom. The SMILES string of the molecule is Cc1ocnc1CN(C)C1CN(c2ccc3nnc(C)n3n2)C1. The number of anilines is 1. The van der Waals surface area contributed by atoms with Gasteiger partial charge in [0, 0.05) is 25.7 Å². The summed E-state index contributed by atoms with van der Waals surface area (Å²) >= 11 is 0. The van der Waals surface area contributed by atoms with Gasteiger partial charge in [-0.1, -0.05) is 0 Å². The van der Waals surface area contributed by atoms with E-state index in [1.165, 1.54) is 6.39 Å². The molecule has 8 heteroatoms. The number of aromatic nitrogens is 5. The van der Waals surface area contributed by atoms with Crippen molar-refractivity contribution in [3.63, 3.8) is 0 Å². The Hall–Kier alpha value is -2.48. The summed E-state index contributed by atoms with van der Waals surface area (Å²) in [4.78, 5) is 8.83. The summed E-state index contributed by atoms with van der Waals surface area (Å²) < 4.78 is 7.04. The molecule has 0 spiro atoms. The van der Waals surface area contributed by atoms with E-state index in [0.29, 0.717) is 6.04 Å². The van der Waals surface area contributed by atoms with Gasteiger partial charge >= 0.3 is 0 Å². The van der Waals surface area contributed by atoms with Gasteiger partial charge in [-0.25, -0.2) is 4.98 Å². The monoisotopic (exact) mass is 313 g/mol. The van der Waals surface area contributed by atoms with Gasteiger partial charge in [0.25, 0.3) is 0 Å². The number of oxazole rings is 1. The Morgan fingerprint density at radius 1 is 1.26 bits per heavy atom. The van der Waals surface area contributed by atoms with Crippen LogP contribution in [0.1, 0.15) is 17.3 Å². The van der Waals surface area contributed by atoms with E-state index in [2.05, 4.69) is 37.1 Å². The largest absolute Gasteiger partial charge is 0.448 e. The van der Waals surface area contributed by atoms with Gasteiger partial charge in [-0.05, 0) is 33.0 Å². The van der Waals surface area contributed by atoms with Crippen molar-refractivity contribution >= 4 is 11.5 Å². The zero-order chi connectivity index (χ0) is 16.0. The minimum absolute atomic E-state index is 0.491. The fourth-order valence-electron chi connectivity index (χ4n) is 2.82. The van der Waals surface area contributed by atoms with Gasteiger partial charge in [0.05, 0.1) is 5.69 Å². The molecule has 0 atom stereocenters. The first-order valence-corrected chi connectivity index (χ1v) is 7.65. The molecule has 1 fully saturated rings. The lowest BCUT2D eigenvalue weighted by Crippen LogP contribution is -2.58. The summed E-state index contributed by atoms with van der Waals surface area (Å²) in [6, 6.07) is 4.45. The van der Waals surface area contributed by atoms with Crippen molar-refractivity contribution in [2.75, 3.05) is 25.0 Å². The minimum Gasteiger partial charge on any atom is -0.448 e. The molecular formula is C15H19N7O. The number of aryl methyl sites for hydroxylation is 2. The number of hydrogen-bond donors (Lipinski definition) is 0. The lowest BCUT2D eigenvalue weighted by atomic mass is 10.1. The van der Waals surface area contributed by atoms with E-state index in [-0.39, 0.29) is 0 Å². The molecule has 8 nitrogen and oxygen atoms in total. The molecule has 1 aliphatic rings. The van der Waals surface area contributed by atoms with Gasteiger partial charge < -0.3 is 9.32 Å². The number of rotatable bonds is 4. The molecule has 0 saturated carbocycles. The first-order chi connectivity index (χ1) is 11.1. The van der Waals surface area contributed by atoms with Gasteiger partial charge in [-0.15, -0.1) is 15.3 Å². The minimum atomic E-state index is 0.491. The van der Waals surface area contributed by atoms with Gasteiger partial charge in [-0.2, -0.15) is 4.52 Å². The zero-order valence-electron chi connectivity index (χ0n) is 13.5. The van der Waals surface area contributed by atoms with Crippen LogP contribution in [0.25, 0.3) is 5.65 Å². The van der Waals surface area contributed by atoms with Crippen LogP contribution in [0.15, 0.2) is 22.9 Å². The van der Waals surface area contributed by atoms with Gasteiger partial charge in [0.15, 0.2) is 17.9 Å². The highest BCUT2D eigenvalue weighted by Gasteiger charge is 2.31. The smallest absolute Gasteiger partial charge is 0.181 e. The van der Waals surface area contributed by atoms with E-state index in [1.54, 1.807) is 4.52 Å². The number of nitrogens with zero attached hydrogens (tertiary/aromatic N) is 7. The molecule has 120 valence electrons. The van der Waals surface area contributed by atoms with E-state index in [1.807, 2.05) is 26.0 Å². The Kier molecular flexibility index (Phi) is 3.26. The van der Waals surface area contributed by atoms with Crippen LogP contribution in [-0.4, -0.2) is 55.9 Å². The van der Waals surface area contributed by atoms with Crippen LogP contribution >= 0.6 is 0 Å². The highest BCUT2D eigenvalue weighted by molar-refractivity contribution is 5.47. The van der Waals surface area contributed by atoms with Crippen molar-refractivity contribution in [3.8, 4) is 0 Å². The summed E-state index contributed by atoms with van der Waals surface area (Å²) in [6.45, 7) is 6.56. The molecule has 0 radical (unpaired) electrons. The van der Waals surface area contributed by atoms with Crippen molar-refractivity contribution in [2.45, 2.75) is 26.4 Å². The maximum absolute atomic E-state index is 5.26. The second kappa shape index (κ2) is 5.31. The molecule has 1 saturated heterocycles. The third-order valence-electron chi connectivity index (χ3n) is 4.46. The topological polar surface area (TPSA) is 75.6 Å². The predicted molar refractivity (Wildman–Crippen MR) is 84.2 cm³/mol. The Morgan fingerprint density at radius 2 is 2.09 bits per heavy atom. The summed E-state index contributed by atoms with van der Waals surface area (Å²) in [5, 5.41) is 12.7. The van der Waals surface area contributed by atoms with Gasteiger partial charge in [0.1, 0.15) is 11.6 Å². The summed E-state index contributed by atoms with van der Waals surface area (Å²) in [5.41, 5.74) is 1.78. The predicted octanol–water partition coefficient (Wildman–Crippen LogP) is 1.05. The van der Waals surface area contributed by atoms with Crippen LogP contribution in [0.4, 0.5) is 5.82 Å². The van der Waals surface area contributed by atoms with Gasteiger partial charge in [0.2, 0.25) is 0 Å². The van der Waals surface area contributed by atoms with Crippen molar-refractivity contribution in [1.29, 1.82) is 0 Å². The fourth-order valence-corrected chi connectivity index (χ4v) is 2.82. The Labute approximate surface area is 133 Å². The maximum atomic E-state index is 5.26. The maximum Gasteiger partial charge on any atom is 0.181 e. The normalized spacial score (nSPS) is 15.6. The van der Waals surface area contributed by atoms with Crippen LogP contribution < -0.4 is 4.90 Å². The average molecular weight is 313 g/mol. The van der Waals surface area contributed by atoms with Crippen molar-refractivity contribution in [3.05, 3.63) is 35.8 Å². The van der Waals surface area contributed by atoms with Crippen molar-refractivity contribution in [1.82, 2.24) is 29.7 Å². The molecule has 0 bridgehead atoms. The lowest BCUT2D eigenvalue weighted by molar-refractivity contribution is 0.194. The average Bonchev–Trinajstić information content (AvgIpc) is 3.05. The fraction of sp³-hybridized carbons (Fsp3) is 0.467. The molecule has 3 aromatic heterocycles.